The van der Waals surface area contributed by atoms with Gasteiger partial charge in [0, 0.05) is 11.9 Å². The minimum absolute atomic E-state index is 0.00224. The van der Waals surface area contributed by atoms with Crippen molar-refractivity contribution in [1.82, 2.24) is 15.1 Å². The number of pyridine rings is 1. The molecule has 3 rings (SSSR count). The Morgan fingerprint density at radius 1 is 1.26 bits per heavy atom. The van der Waals surface area contributed by atoms with Gasteiger partial charge in [0.1, 0.15) is 0 Å². The van der Waals surface area contributed by atoms with E-state index in [4.69, 9.17) is 4.52 Å². The molecular weight excluding hydrogens is 381 g/mol. The number of carbonyl (C=O) groups is 1. The topological polar surface area (TPSA) is 80.9 Å². The predicted octanol–water partition coefficient (Wildman–Crippen LogP) is 4.19. The number of anilines is 1. The molecular formula is C17H13F3N4O2S. The van der Waals surface area contributed by atoms with E-state index in [0.29, 0.717) is 22.3 Å². The Morgan fingerprint density at radius 3 is 2.70 bits per heavy atom. The van der Waals surface area contributed by atoms with Gasteiger partial charge in [0.25, 0.3) is 5.89 Å². The summed E-state index contributed by atoms with van der Waals surface area (Å²) in [4.78, 5) is 20.2. The molecule has 0 bridgehead atoms. The number of amides is 1. The Balaban J connectivity index is 1.56. The molecule has 0 saturated carbocycles. The number of thioether (sulfide) groups is 1. The van der Waals surface area contributed by atoms with Crippen molar-refractivity contribution in [2.45, 2.75) is 18.1 Å². The number of benzene rings is 1. The van der Waals surface area contributed by atoms with Gasteiger partial charge in [-0.2, -0.15) is 18.2 Å². The van der Waals surface area contributed by atoms with Crippen LogP contribution in [-0.4, -0.2) is 26.8 Å². The van der Waals surface area contributed by atoms with Crippen LogP contribution in [0.5, 0.6) is 0 Å². The zero-order valence-electron chi connectivity index (χ0n) is 13.9. The third-order valence-electron chi connectivity index (χ3n) is 3.34. The second-order valence-corrected chi connectivity index (χ2v) is 6.44. The Bertz CT molecular complexity index is 942. The first-order valence-corrected chi connectivity index (χ1v) is 8.66. The molecule has 27 heavy (non-hydrogen) atoms. The Labute approximate surface area is 156 Å². The number of rotatable bonds is 5. The minimum Gasteiger partial charge on any atom is -0.334 e. The summed E-state index contributed by atoms with van der Waals surface area (Å²) in [5.74, 6) is 0.425. The number of halogens is 3. The van der Waals surface area contributed by atoms with Crippen molar-refractivity contribution in [2.24, 2.45) is 0 Å². The van der Waals surface area contributed by atoms with Crippen molar-refractivity contribution in [1.29, 1.82) is 0 Å². The normalized spacial score (nSPS) is 11.4. The molecule has 1 aromatic carbocycles. The lowest BCUT2D eigenvalue weighted by atomic mass is 10.2. The molecule has 1 amide bonds. The lowest BCUT2D eigenvalue weighted by Gasteiger charge is -2.09. The minimum atomic E-state index is -4.46. The van der Waals surface area contributed by atoms with E-state index in [2.05, 4.69) is 20.4 Å². The van der Waals surface area contributed by atoms with E-state index in [-0.39, 0.29) is 11.4 Å². The smallest absolute Gasteiger partial charge is 0.334 e. The van der Waals surface area contributed by atoms with Gasteiger partial charge in [0.15, 0.2) is 5.82 Å². The molecule has 0 radical (unpaired) electrons. The van der Waals surface area contributed by atoms with Crippen molar-refractivity contribution in [3.05, 3.63) is 54.0 Å². The highest BCUT2D eigenvalue weighted by Gasteiger charge is 2.30. The van der Waals surface area contributed by atoms with Gasteiger partial charge >= 0.3 is 6.18 Å². The maximum absolute atomic E-state index is 12.7. The number of nitrogens with one attached hydrogen (secondary N) is 1. The molecule has 2 heterocycles. The average molecular weight is 394 g/mol. The summed E-state index contributed by atoms with van der Waals surface area (Å²) in [7, 11) is 0. The molecule has 2 aromatic heterocycles. The SMILES string of the molecule is Cc1noc(-c2ccc(SCC(=O)Nc3cccc(C(F)(F)F)c3)nc2)n1. The first-order chi connectivity index (χ1) is 12.8. The van der Waals surface area contributed by atoms with Crippen LogP contribution in [0, 0.1) is 6.92 Å². The molecule has 140 valence electrons. The third-order valence-corrected chi connectivity index (χ3v) is 4.28. The van der Waals surface area contributed by atoms with Gasteiger partial charge < -0.3 is 9.84 Å². The fourth-order valence-electron chi connectivity index (χ4n) is 2.12. The molecule has 0 aliphatic rings. The molecule has 0 unspecified atom stereocenters. The zero-order valence-corrected chi connectivity index (χ0v) is 14.8. The van der Waals surface area contributed by atoms with Crippen LogP contribution in [0.25, 0.3) is 11.5 Å². The quantitative estimate of drug-likeness (QED) is 0.654. The highest BCUT2D eigenvalue weighted by Crippen LogP contribution is 2.30. The van der Waals surface area contributed by atoms with Gasteiger partial charge in [0.05, 0.1) is 21.9 Å². The summed E-state index contributed by atoms with van der Waals surface area (Å²) in [5.41, 5.74) is -0.0830. The van der Waals surface area contributed by atoms with Crippen LogP contribution < -0.4 is 5.32 Å². The Kier molecular flexibility index (Phi) is 5.45. The van der Waals surface area contributed by atoms with Crippen LogP contribution in [0.4, 0.5) is 18.9 Å². The van der Waals surface area contributed by atoms with E-state index in [1.807, 2.05) is 0 Å². The van der Waals surface area contributed by atoms with Crippen LogP contribution in [0.3, 0.4) is 0 Å². The highest BCUT2D eigenvalue weighted by atomic mass is 32.2. The van der Waals surface area contributed by atoms with Crippen molar-refractivity contribution < 1.29 is 22.5 Å². The number of aryl methyl sites for hydroxylation is 1. The summed E-state index contributed by atoms with van der Waals surface area (Å²) in [5, 5.41) is 6.72. The molecule has 0 atom stereocenters. The van der Waals surface area contributed by atoms with Gasteiger partial charge in [0.2, 0.25) is 5.91 Å². The second kappa shape index (κ2) is 7.78. The summed E-state index contributed by atoms with van der Waals surface area (Å²) in [6.45, 7) is 1.70. The van der Waals surface area contributed by atoms with E-state index in [9.17, 15) is 18.0 Å². The molecule has 0 aliphatic carbocycles. The monoisotopic (exact) mass is 394 g/mol. The van der Waals surface area contributed by atoms with Crippen LogP contribution in [-0.2, 0) is 11.0 Å². The lowest BCUT2D eigenvalue weighted by Crippen LogP contribution is -2.15. The van der Waals surface area contributed by atoms with E-state index < -0.39 is 17.6 Å². The van der Waals surface area contributed by atoms with Gasteiger partial charge in [-0.3, -0.25) is 4.79 Å². The number of hydrogen-bond donors (Lipinski definition) is 1. The number of nitrogens with zero attached hydrogens (tertiary/aromatic N) is 3. The molecule has 3 aromatic rings. The van der Waals surface area contributed by atoms with E-state index in [1.165, 1.54) is 12.1 Å². The fraction of sp³-hybridized carbons (Fsp3) is 0.176. The molecule has 0 aliphatic heterocycles. The van der Waals surface area contributed by atoms with Crippen LogP contribution >= 0.6 is 11.8 Å². The summed E-state index contributed by atoms with van der Waals surface area (Å²) >= 11 is 1.15. The zero-order chi connectivity index (χ0) is 19.4. The number of aromatic nitrogens is 3. The van der Waals surface area contributed by atoms with Gasteiger partial charge in [-0.1, -0.05) is 23.0 Å². The van der Waals surface area contributed by atoms with Gasteiger partial charge in [-0.15, -0.1) is 0 Å². The summed E-state index contributed by atoms with van der Waals surface area (Å²) < 4.78 is 43.1. The molecule has 0 saturated heterocycles. The maximum atomic E-state index is 12.7. The van der Waals surface area contributed by atoms with Crippen LogP contribution in [0.15, 0.2) is 52.1 Å². The third kappa shape index (κ3) is 5.07. The predicted molar refractivity (Wildman–Crippen MR) is 93.1 cm³/mol. The van der Waals surface area contributed by atoms with Crippen molar-refractivity contribution in [2.75, 3.05) is 11.1 Å². The number of hydrogen-bond acceptors (Lipinski definition) is 6. The first kappa shape index (κ1) is 18.9. The van der Waals surface area contributed by atoms with Gasteiger partial charge in [-0.05, 0) is 37.3 Å². The Morgan fingerprint density at radius 2 is 2.07 bits per heavy atom. The van der Waals surface area contributed by atoms with Crippen molar-refractivity contribution >= 4 is 23.4 Å². The summed E-state index contributed by atoms with van der Waals surface area (Å²) in [6, 6.07) is 7.90. The van der Waals surface area contributed by atoms with E-state index in [1.54, 1.807) is 25.3 Å². The van der Waals surface area contributed by atoms with Crippen molar-refractivity contribution in [3.63, 3.8) is 0 Å². The van der Waals surface area contributed by atoms with Crippen molar-refractivity contribution in [3.8, 4) is 11.5 Å². The standard InChI is InChI=1S/C17H13F3N4O2S/c1-10-22-16(26-24-10)11-5-6-15(21-8-11)27-9-14(25)23-13-4-2-3-12(7-13)17(18,19)20/h2-8H,9H2,1H3,(H,23,25). The van der Waals surface area contributed by atoms with Gasteiger partial charge in [-0.25, -0.2) is 4.98 Å². The molecule has 1 N–H and O–H groups in total. The fourth-order valence-corrected chi connectivity index (χ4v) is 2.76. The van der Waals surface area contributed by atoms with E-state index >= 15 is 0 Å². The summed E-state index contributed by atoms with van der Waals surface area (Å²) in [6.07, 6.45) is -2.92. The Hall–Kier alpha value is -2.88. The van der Waals surface area contributed by atoms with Crippen LogP contribution in [0.2, 0.25) is 0 Å². The molecule has 0 fully saturated rings. The largest absolute Gasteiger partial charge is 0.416 e. The highest BCUT2D eigenvalue weighted by molar-refractivity contribution is 7.99. The number of carbonyl (C=O) groups excluding carboxylic acids is 1. The molecule has 0 spiro atoms. The molecule has 6 nitrogen and oxygen atoms in total. The number of alkyl halides is 3. The second-order valence-electron chi connectivity index (χ2n) is 5.45. The van der Waals surface area contributed by atoms with E-state index in [0.717, 1.165) is 23.9 Å². The maximum Gasteiger partial charge on any atom is 0.416 e. The van der Waals surface area contributed by atoms with Crippen LogP contribution in [0.1, 0.15) is 11.4 Å². The molecule has 10 heteroatoms. The lowest BCUT2D eigenvalue weighted by molar-refractivity contribution is -0.137. The first-order valence-electron chi connectivity index (χ1n) is 7.68. The average Bonchev–Trinajstić information content (AvgIpc) is 3.06.